The molecule has 0 heterocycles. The summed E-state index contributed by atoms with van der Waals surface area (Å²) in [5, 5.41) is 11.0. The van der Waals surface area contributed by atoms with E-state index in [2.05, 4.69) is 17.0 Å². The molecule has 0 bridgehead atoms. The molecule has 46 heavy (non-hydrogen) atoms. The van der Waals surface area contributed by atoms with Gasteiger partial charge in [0.05, 0.1) is 85.9 Å². The van der Waals surface area contributed by atoms with Crippen molar-refractivity contribution in [3.8, 4) is 0 Å². The molecular weight excluding hydrogens is 598 g/mol. The van der Waals surface area contributed by atoms with Crippen molar-refractivity contribution >= 4 is 11.9 Å². The molecule has 0 fully saturated rings. The van der Waals surface area contributed by atoms with Crippen LogP contribution in [0.1, 0.15) is 96.8 Å². The normalized spacial score (nSPS) is 11.3. The second-order valence-corrected chi connectivity index (χ2v) is 11.1. The first-order valence-corrected chi connectivity index (χ1v) is 17.8. The van der Waals surface area contributed by atoms with Gasteiger partial charge in [0, 0.05) is 13.2 Å². The van der Waals surface area contributed by atoms with Crippen molar-refractivity contribution in [3.05, 3.63) is 0 Å². The lowest BCUT2D eigenvalue weighted by Crippen LogP contribution is -2.31. The Morgan fingerprint density at radius 3 is 1.11 bits per heavy atom. The number of carbonyl (C=O) groups is 2. The summed E-state index contributed by atoms with van der Waals surface area (Å²) in [4.78, 5) is 21.6. The van der Waals surface area contributed by atoms with Crippen LogP contribution in [0, 0.1) is 0 Å². The Morgan fingerprint density at radius 2 is 0.739 bits per heavy atom. The zero-order valence-corrected chi connectivity index (χ0v) is 29.0. The molecule has 0 aromatic carbocycles. The fourth-order valence-electron chi connectivity index (χ4n) is 4.36. The van der Waals surface area contributed by atoms with Crippen LogP contribution in [0.15, 0.2) is 0 Å². The second kappa shape index (κ2) is 39.8. The highest BCUT2D eigenvalue weighted by atomic mass is 16.6. The van der Waals surface area contributed by atoms with E-state index in [9.17, 15) is 9.59 Å². The van der Waals surface area contributed by atoms with E-state index in [1.165, 1.54) is 83.5 Å². The summed E-state index contributed by atoms with van der Waals surface area (Å²) in [7, 11) is 0. The summed E-state index contributed by atoms with van der Waals surface area (Å²) >= 11 is 0. The molecule has 0 saturated heterocycles. The Balaban J connectivity index is 3.08. The van der Waals surface area contributed by atoms with Gasteiger partial charge in [0.2, 0.25) is 5.91 Å². The van der Waals surface area contributed by atoms with Crippen LogP contribution in [0.5, 0.6) is 0 Å². The molecule has 0 aromatic heterocycles. The van der Waals surface area contributed by atoms with E-state index in [-0.39, 0.29) is 12.5 Å². The molecule has 0 aliphatic rings. The zero-order valence-electron chi connectivity index (χ0n) is 29.0. The van der Waals surface area contributed by atoms with E-state index >= 15 is 0 Å². The third-order valence-electron chi connectivity index (χ3n) is 6.90. The van der Waals surface area contributed by atoms with Crippen molar-refractivity contribution in [2.24, 2.45) is 0 Å². The van der Waals surface area contributed by atoms with Crippen LogP contribution in [0.2, 0.25) is 0 Å². The smallest absolute Gasteiger partial charge is 0.329 e. The van der Waals surface area contributed by atoms with E-state index in [4.69, 9.17) is 38.3 Å². The van der Waals surface area contributed by atoms with Gasteiger partial charge in [-0.25, -0.2) is 4.79 Å². The first-order chi connectivity index (χ1) is 22.7. The molecular formula is C34H67NO11. The number of carboxylic acid groups (broad SMARTS) is 1. The van der Waals surface area contributed by atoms with Crippen molar-refractivity contribution in [2.45, 2.75) is 96.8 Å². The van der Waals surface area contributed by atoms with E-state index in [1.807, 2.05) is 0 Å². The molecule has 12 nitrogen and oxygen atoms in total. The Bertz CT molecular complexity index is 628. The third kappa shape index (κ3) is 40.6. The standard InChI is InChI=1S/C34H67NO11/c1-2-3-4-5-6-7-8-9-10-11-12-13-14-15-17-39-19-21-41-23-25-43-27-29-45-30-28-44-26-24-42-22-20-40-18-16-35-33(36)31-46-32-34(37)38/h2-32H2,1H3,(H,35,36)(H,37,38). The average Bonchev–Trinajstić information content (AvgIpc) is 3.04. The van der Waals surface area contributed by atoms with Crippen LogP contribution in [-0.4, -0.2) is 129 Å². The van der Waals surface area contributed by atoms with Crippen LogP contribution < -0.4 is 5.32 Å². The quantitative estimate of drug-likeness (QED) is 0.0873. The minimum absolute atomic E-state index is 0.292. The summed E-state index contributed by atoms with van der Waals surface area (Å²) in [5.41, 5.74) is 0. The van der Waals surface area contributed by atoms with Crippen molar-refractivity contribution in [1.29, 1.82) is 0 Å². The van der Waals surface area contributed by atoms with E-state index in [1.54, 1.807) is 0 Å². The van der Waals surface area contributed by atoms with E-state index in [0.29, 0.717) is 92.4 Å². The summed E-state index contributed by atoms with van der Waals surface area (Å²) in [6, 6.07) is 0. The van der Waals surface area contributed by atoms with Gasteiger partial charge >= 0.3 is 5.97 Å². The van der Waals surface area contributed by atoms with Gasteiger partial charge in [0.15, 0.2) is 0 Å². The van der Waals surface area contributed by atoms with Gasteiger partial charge in [0.1, 0.15) is 13.2 Å². The Morgan fingerprint density at radius 1 is 0.413 bits per heavy atom. The summed E-state index contributed by atoms with van der Waals surface area (Å²) in [6.45, 7) is 9.01. The monoisotopic (exact) mass is 665 g/mol. The Labute approximate surface area is 278 Å². The molecule has 0 radical (unpaired) electrons. The number of ether oxygens (including phenoxy) is 8. The molecule has 0 spiro atoms. The lowest BCUT2D eigenvalue weighted by atomic mass is 10.0. The molecule has 274 valence electrons. The molecule has 0 rings (SSSR count). The number of hydrogen-bond acceptors (Lipinski definition) is 10. The summed E-state index contributed by atoms with van der Waals surface area (Å²) in [6.07, 6.45) is 19.1. The number of carbonyl (C=O) groups excluding carboxylic acids is 1. The summed E-state index contributed by atoms with van der Waals surface area (Å²) < 4.78 is 43.0. The maximum atomic E-state index is 11.4. The fourth-order valence-corrected chi connectivity index (χ4v) is 4.36. The maximum Gasteiger partial charge on any atom is 0.329 e. The molecule has 2 N–H and O–H groups in total. The molecule has 0 unspecified atom stereocenters. The van der Waals surface area contributed by atoms with Crippen molar-refractivity contribution in [3.63, 3.8) is 0 Å². The van der Waals surface area contributed by atoms with Gasteiger partial charge in [-0.15, -0.1) is 0 Å². The molecule has 0 aromatic rings. The zero-order chi connectivity index (χ0) is 33.4. The van der Waals surface area contributed by atoms with Crippen LogP contribution in [-0.2, 0) is 47.5 Å². The van der Waals surface area contributed by atoms with Crippen LogP contribution in [0.25, 0.3) is 0 Å². The SMILES string of the molecule is CCCCCCCCCCCCCCCCOCCOCCOCCOCCOCCOCCOCCNC(=O)COCC(=O)O. The number of nitrogens with one attached hydrogen (secondary N) is 1. The van der Waals surface area contributed by atoms with Crippen molar-refractivity contribution in [2.75, 3.05) is 112 Å². The Kier molecular flexibility index (Phi) is 38.6. The number of amides is 1. The van der Waals surface area contributed by atoms with Gasteiger partial charge in [0.25, 0.3) is 0 Å². The fraction of sp³-hybridized carbons (Fsp3) is 0.941. The largest absolute Gasteiger partial charge is 0.480 e. The molecule has 0 atom stereocenters. The average molecular weight is 666 g/mol. The van der Waals surface area contributed by atoms with Crippen molar-refractivity contribution < 1.29 is 52.6 Å². The highest BCUT2D eigenvalue weighted by molar-refractivity contribution is 5.77. The number of rotatable bonds is 40. The molecule has 0 saturated carbocycles. The molecule has 0 aliphatic carbocycles. The highest BCUT2D eigenvalue weighted by Gasteiger charge is 2.03. The lowest BCUT2D eigenvalue weighted by molar-refractivity contribution is -0.143. The topological polar surface area (TPSA) is 140 Å². The predicted molar refractivity (Wildman–Crippen MR) is 178 cm³/mol. The number of unbranched alkanes of at least 4 members (excludes halogenated alkanes) is 13. The van der Waals surface area contributed by atoms with Gasteiger partial charge in [-0.1, -0.05) is 90.4 Å². The number of carboxylic acids is 1. The second-order valence-electron chi connectivity index (χ2n) is 11.1. The minimum Gasteiger partial charge on any atom is -0.480 e. The van der Waals surface area contributed by atoms with Gasteiger partial charge < -0.3 is 48.3 Å². The number of aliphatic carboxylic acids is 1. The summed E-state index contributed by atoms with van der Waals surface area (Å²) in [5.74, 6) is -1.50. The molecule has 0 aliphatic heterocycles. The van der Waals surface area contributed by atoms with Crippen molar-refractivity contribution in [1.82, 2.24) is 5.32 Å². The molecule has 12 heteroatoms. The van der Waals surface area contributed by atoms with Gasteiger partial charge in [-0.3, -0.25) is 4.79 Å². The van der Waals surface area contributed by atoms with E-state index < -0.39 is 12.6 Å². The first-order valence-electron chi connectivity index (χ1n) is 17.8. The van der Waals surface area contributed by atoms with E-state index in [0.717, 1.165) is 13.0 Å². The van der Waals surface area contributed by atoms with Gasteiger partial charge in [-0.2, -0.15) is 0 Å². The highest BCUT2D eigenvalue weighted by Crippen LogP contribution is 2.12. The van der Waals surface area contributed by atoms with Crippen LogP contribution in [0.4, 0.5) is 0 Å². The van der Waals surface area contributed by atoms with Gasteiger partial charge in [-0.05, 0) is 6.42 Å². The van der Waals surface area contributed by atoms with Crippen LogP contribution in [0.3, 0.4) is 0 Å². The Hall–Kier alpha value is -1.38. The maximum absolute atomic E-state index is 11.4. The number of hydrogen-bond donors (Lipinski definition) is 2. The first kappa shape index (κ1) is 44.6. The molecule has 1 amide bonds. The lowest BCUT2D eigenvalue weighted by Gasteiger charge is -2.09. The van der Waals surface area contributed by atoms with Crippen LogP contribution >= 0.6 is 0 Å². The third-order valence-corrected chi connectivity index (χ3v) is 6.90. The minimum atomic E-state index is -1.12. The predicted octanol–water partition coefficient (Wildman–Crippen LogP) is 4.80.